The van der Waals surface area contributed by atoms with E-state index in [4.69, 9.17) is 28.8 Å². The van der Waals surface area contributed by atoms with E-state index < -0.39 is 0 Å². The van der Waals surface area contributed by atoms with E-state index in [0.29, 0.717) is 0 Å². The lowest BCUT2D eigenvalue weighted by Crippen LogP contribution is -1.98. The summed E-state index contributed by atoms with van der Waals surface area (Å²) in [6, 6.07) is 91.9. The molecule has 9 heterocycles. The highest BCUT2D eigenvalue weighted by Gasteiger charge is 2.23. The Kier molecular flexibility index (Phi) is 9.75. The molecule has 0 fully saturated rings. The number of H-pyrrole nitrogens is 2. The lowest BCUT2D eigenvalue weighted by Gasteiger charge is -2.10. The minimum Gasteiger partial charge on any atom is -0.456 e. The van der Waals surface area contributed by atoms with Gasteiger partial charge in [-0.15, -0.1) is 0 Å². The zero-order valence-corrected chi connectivity index (χ0v) is 47.3. The molecule has 11 heteroatoms. The maximum Gasteiger partial charge on any atom is 0.138 e. The van der Waals surface area contributed by atoms with Crippen LogP contribution in [-0.4, -0.2) is 43.6 Å². The Bertz CT molecular complexity index is 5950. The highest BCUT2D eigenvalue weighted by Crippen LogP contribution is 2.42. The molecule has 2 N–H and O–H groups in total. The van der Waals surface area contributed by atoms with Gasteiger partial charge in [0.1, 0.15) is 56.7 Å². The molecule has 414 valence electrons. The van der Waals surface area contributed by atoms with Crippen LogP contribution in [0.4, 0.5) is 0 Å². The number of nitrogens with zero attached hydrogens (tertiary/aromatic N) is 7. The maximum absolute atomic E-state index is 6.42. The van der Waals surface area contributed by atoms with Gasteiger partial charge in [0.15, 0.2) is 0 Å². The van der Waals surface area contributed by atoms with Gasteiger partial charge in [-0.1, -0.05) is 103 Å². The van der Waals surface area contributed by atoms with E-state index in [0.717, 1.165) is 194 Å². The third kappa shape index (κ3) is 7.15. The minimum absolute atomic E-state index is 0.806. The molecule has 0 spiro atoms. The molecule has 0 amide bonds. The molecule has 0 aliphatic heterocycles. The average molecular weight is 1140 g/mol. The van der Waals surface area contributed by atoms with Gasteiger partial charge in [0.05, 0.1) is 55.2 Å². The molecule has 11 nitrogen and oxygen atoms in total. The Labute approximate surface area is 504 Å². The first kappa shape index (κ1) is 48.0. The van der Waals surface area contributed by atoms with Crippen LogP contribution in [0.25, 0.3) is 194 Å². The summed E-state index contributed by atoms with van der Waals surface area (Å²) in [5, 5.41) is 8.75. The number of benzene rings is 11. The molecule has 0 atom stereocenters. The second-order valence-corrected chi connectivity index (χ2v) is 23.2. The Morgan fingerprint density at radius 2 is 0.618 bits per heavy atom. The smallest absolute Gasteiger partial charge is 0.138 e. The summed E-state index contributed by atoms with van der Waals surface area (Å²) in [6.45, 7) is 0. The Hall–Kier alpha value is -12.3. The van der Waals surface area contributed by atoms with Crippen molar-refractivity contribution >= 4 is 132 Å². The van der Waals surface area contributed by atoms with Crippen molar-refractivity contribution in [2.45, 2.75) is 0 Å². The number of fused-ring (bicyclic) bond motifs is 17. The molecular formula is C78H45N9O2. The molecule has 20 aromatic rings. The molecule has 9 aromatic heterocycles. The van der Waals surface area contributed by atoms with Gasteiger partial charge in [0.25, 0.3) is 0 Å². The van der Waals surface area contributed by atoms with Crippen molar-refractivity contribution in [2.24, 2.45) is 0 Å². The Balaban J connectivity index is 0.706. The molecule has 0 bridgehead atoms. The molecule has 0 saturated carbocycles. The van der Waals surface area contributed by atoms with Crippen molar-refractivity contribution in [2.75, 3.05) is 0 Å². The number of aromatic nitrogens is 9. The number of para-hydroxylation sites is 7. The second-order valence-electron chi connectivity index (χ2n) is 23.2. The molecule has 0 radical (unpaired) electrons. The number of hydrogen-bond acceptors (Lipinski definition) is 6. The Morgan fingerprint density at radius 1 is 0.258 bits per heavy atom. The summed E-state index contributed by atoms with van der Waals surface area (Å²) in [6.07, 6.45) is 0. The van der Waals surface area contributed by atoms with Gasteiger partial charge in [0.2, 0.25) is 0 Å². The lowest BCUT2D eigenvalue weighted by atomic mass is 10.00. The summed E-state index contributed by atoms with van der Waals surface area (Å²) < 4.78 is 19.7. The monoisotopic (exact) mass is 1140 g/mol. The van der Waals surface area contributed by atoms with Crippen LogP contribution in [0.15, 0.2) is 270 Å². The van der Waals surface area contributed by atoms with Crippen LogP contribution in [0.5, 0.6) is 0 Å². The molecule has 0 unspecified atom stereocenters. The van der Waals surface area contributed by atoms with Gasteiger partial charge < -0.3 is 23.4 Å². The SMILES string of the molecule is c1ccc(-n2c3ccc(-n4c5ccccc5c5cc(-c6ccc7oc8ccc(-c9nc%10ccccc%10[nH]9)cc8c7c6)ccc54)nc3c3nc(-n4c5ccccc5c5cc(-c6ccc7oc8ccc(-c9nc%10ccccc%10[nH]9)cc8c7c6)ccc54)ccc32)cc1. The van der Waals surface area contributed by atoms with E-state index in [1.165, 1.54) is 0 Å². The number of aromatic amines is 2. The molecule has 0 aliphatic carbocycles. The van der Waals surface area contributed by atoms with Gasteiger partial charge in [-0.25, -0.2) is 19.9 Å². The topological polar surface area (TPSA) is 124 Å². The number of imidazole rings is 2. The summed E-state index contributed by atoms with van der Waals surface area (Å²) in [4.78, 5) is 28.1. The quantitative estimate of drug-likeness (QED) is 0.164. The number of pyridine rings is 2. The predicted molar refractivity (Wildman–Crippen MR) is 361 cm³/mol. The van der Waals surface area contributed by atoms with Gasteiger partial charge >= 0.3 is 0 Å². The first-order valence-corrected chi connectivity index (χ1v) is 29.8. The number of furan rings is 2. The number of rotatable bonds is 7. The zero-order valence-electron chi connectivity index (χ0n) is 47.3. The van der Waals surface area contributed by atoms with Gasteiger partial charge in [-0.05, 0) is 180 Å². The van der Waals surface area contributed by atoms with Crippen LogP contribution >= 0.6 is 0 Å². The van der Waals surface area contributed by atoms with Crippen molar-refractivity contribution < 1.29 is 8.83 Å². The standard InChI is InChI=1S/C78H45N9O2/c1-2-12-50(13-3-1)85-67-30-36-73(86-63-20-10-4-14-51(63)53-38-44(22-28-65(53)86)46-24-32-69-55(40-46)57-42-48(26-34-71(57)88-69)77-79-59-16-6-7-17-60(59)80-77)83-75(67)76-68(85)31-37-74(84-76)87-64-21-11-5-15-52(64)54-39-45(23-29-66(54)87)47-25-33-70-56(41-47)58-43-49(27-35-72(58)89-70)78-81-61-18-8-9-19-62(61)82-78/h1-43H,(H,79,80)(H,81,82). The fourth-order valence-electron chi connectivity index (χ4n) is 14.0. The highest BCUT2D eigenvalue weighted by molar-refractivity contribution is 6.15. The molecule has 89 heavy (non-hydrogen) atoms. The van der Waals surface area contributed by atoms with Crippen LogP contribution in [0.2, 0.25) is 0 Å². The fraction of sp³-hybridized carbons (Fsp3) is 0. The molecule has 11 aromatic carbocycles. The van der Waals surface area contributed by atoms with Crippen LogP contribution < -0.4 is 0 Å². The van der Waals surface area contributed by atoms with Crippen molar-refractivity contribution in [3.8, 4) is 62.4 Å². The van der Waals surface area contributed by atoms with Crippen molar-refractivity contribution in [3.63, 3.8) is 0 Å². The Morgan fingerprint density at radius 3 is 1.08 bits per heavy atom. The van der Waals surface area contributed by atoms with E-state index in [1.807, 2.05) is 48.5 Å². The van der Waals surface area contributed by atoms with E-state index in [1.54, 1.807) is 0 Å². The van der Waals surface area contributed by atoms with Crippen LogP contribution in [0.3, 0.4) is 0 Å². The van der Waals surface area contributed by atoms with E-state index in [9.17, 15) is 0 Å². The minimum atomic E-state index is 0.806. The largest absolute Gasteiger partial charge is 0.456 e. The van der Waals surface area contributed by atoms with Crippen molar-refractivity contribution in [1.29, 1.82) is 0 Å². The first-order chi connectivity index (χ1) is 44.0. The number of nitrogens with one attached hydrogen (secondary N) is 2. The maximum atomic E-state index is 6.42. The van der Waals surface area contributed by atoms with Gasteiger partial charge in [0, 0.05) is 59.9 Å². The number of hydrogen-bond donors (Lipinski definition) is 2. The highest BCUT2D eigenvalue weighted by atomic mass is 16.3. The van der Waals surface area contributed by atoms with Crippen molar-refractivity contribution in [3.05, 3.63) is 261 Å². The first-order valence-electron chi connectivity index (χ1n) is 29.8. The predicted octanol–water partition coefficient (Wildman–Crippen LogP) is 20.0. The molecule has 0 aliphatic rings. The van der Waals surface area contributed by atoms with Gasteiger partial charge in [-0.2, -0.15) is 0 Å². The van der Waals surface area contributed by atoms with Gasteiger partial charge in [-0.3, -0.25) is 9.13 Å². The second kappa shape index (κ2) is 18.1. The molecular weight excluding hydrogens is 1090 g/mol. The molecule has 0 saturated heterocycles. The summed E-state index contributed by atoms with van der Waals surface area (Å²) in [5.74, 6) is 3.27. The third-order valence-corrected chi connectivity index (χ3v) is 18.2. The third-order valence-electron chi connectivity index (χ3n) is 18.2. The lowest BCUT2D eigenvalue weighted by molar-refractivity contribution is 0.668. The van der Waals surface area contributed by atoms with E-state index >= 15 is 0 Å². The average Bonchev–Trinajstić information content (AvgIpc) is 1.88. The van der Waals surface area contributed by atoms with Crippen LogP contribution in [-0.2, 0) is 0 Å². The van der Waals surface area contributed by atoms with E-state index in [-0.39, 0.29) is 0 Å². The fourth-order valence-corrected chi connectivity index (χ4v) is 14.0. The molecule has 20 rings (SSSR count). The van der Waals surface area contributed by atoms with Crippen molar-refractivity contribution in [1.82, 2.24) is 43.6 Å². The van der Waals surface area contributed by atoms with Crippen LogP contribution in [0, 0.1) is 0 Å². The summed E-state index contributed by atoms with van der Waals surface area (Å²) >= 11 is 0. The summed E-state index contributed by atoms with van der Waals surface area (Å²) in [7, 11) is 0. The zero-order chi connectivity index (χ0) is 58.0. The summed E-state index contributed by atoms with van der Waals surface area (Å²) in [5.41, 5.74) is 22.5. The van der Waals surface area contributed by atoms with E-state index in [2.05, 4.69) is 236 Å². The normalized spacial score (nSPS) is 12.3. The van der Waals surface area contributed by atoms with Crippen LogP contribution in [0.1, 0.15) is 0 Å².